The first-order valence-corrected chi connectivity index (χ1v) is 13.0. The number of ether oxygens (including phenoxy) is 1. The topological polar surface area (TPSA) is 87.2 Å². The summed E-state index contributed by atoms with van der Waals surface area (Å²) in [5, 5.41) is 10.5. The van der Waals surface area contributed by atoms with Crippen LogP contribution in [0.15, 0.2) is 48.5 Å². The van der Waals surface area contributed by atoms with Gasteiger partial charge < -0.3 is 19.6 Å². The van der Waals surface area contributed by atoms with E-state index < -0.39 is 30.1 Å². The largest absolute Gasteiger partial charge is 0.481 e. The summed E-state index contributed by atoms with van der Waals surface area (Å²) >= 11 is 12.3. The summed E-state index contributed by atoms with van der Waals surface area (Å²) in [6.45, 7) is 2.56. The summed E-state index contributed by atoms with van der Waals surface area (Å²) in [6.07, 6.45) is 1.49. The van der Waals surface area contributed by atoms with Gasteiger partial charge in [-0.1, -0.05) is 60.8 Å². The molecule has 1 N–H and O–H groups in total. The molecular formula is C27H30Cl2N2O5. The molecule has 3 atom stereocenters. The lowest BCUT2D eigenvalue weighted by Gasteiger charge is -2.46. The maximum Gasteiger partial charge on any atom is 0.306 e. The van der Waals surface area contributed by atoms with Gasteiger partial charge in [-0.25, -0.2) is 0 Å². The zero-order valence-corrected chi connectivity index (χ0v) is 21.6. The maximum absolute atomic E-state index is 13.8. The van der Waals surface area contributed by atoms with Gasteiger partial charge >= 0.3 is 5.97 Å². The van der Waals surface area contributed by atoms with Gasteiger partial charge in [0.25, 0.3) is 0 Å². The minimum absolute atomic E-state index is 0.147. The van der Waals surface area contributed by atoms with Crippen LogP contribution >= 0.6 is 23.2 Å². The van der Waals surface area contributed by atoms with Crippen LogP contribution in [0.2, 0.25) is 10.0 Å². The lowest BCUT2D eigenvalue weighted by atomic mass is 9.90. The van der Waals surface area contributed by atoms with Crippen molar-refractivity contribution in [2.75, 3.05) is 19.7 Å². The molecule has 2 aromatic carbocycles. The van der Waals surface area contributed by atoms with Crippen molar-refractivity contribution in [2.24, 2.45) is 5.92 Å². The highest BCUT2D eigenvalue weighted by Gasteiger charge is 2.45. The molecule has 2 aliphatic rings. The number of benzene rings is 2. The van der Waals surface area contributed by atoms with Crippen LogP contribution < -0.4 is 0 Å². The number of nitrogens with zero attached hydrogens (tertiary/aromatic N) is 2. The number of morpholine rings is 1. The fourth-order valence-electron chi connectivity index (χ4n) is 5.13. The SMILES string of the molecule is CCC[C@H](C(=O)N1CCC(C(=O)O)CC1)N1C(=O)CO[C@@H](c2ccc(Cl)cc2)[C@H]1c1ccc(Cl)cc1. The minimum Gasteiger partial charge on any atom is -0.481 e. The number of carbonyl (C=O) groups excluding carboxylic acids is 2. The molecule has 0 aliphatic carbocycles. The van der Waals surface area contributed by atoms with E-state index in [-0.39, 0.29) is 18.4 Å². The zero-order valence-electron chi connectivity index (χ0n) is 20.1. The summed E-state index contributed by atoms with van der Waals surface area (Å²) in [7, 11) is 0. The van der Waals surface area contributed by atoms with Gasteiger partial charge in [0.1, 0.15) is 18.8 Å². The van der Waals surface area contributed by atoms with Crippen LogP contribution in [-0.4, -0.2) is 58.4 Å². The Labute approximate surface area is 220 Å². The van der Waals surface area contributed by atoms with E-state index in [1.807, 2.05) is 31.2 Å². The first-order valence-electron chi connectivity index (χ1n) is 12.3. The molecule has 2 aliphatic heterocycles. The van der Waals surface area contributed by atoms with Crippen molar-refractivity contribution in [1.82, 2.24) is 9.80 Å². The summed E-state index contributed by atoms with van der Waals surface area (Å²) in [5.74, 6) is -1.68. The van der Waals surface area contributed by atoms with Crippen LogP contribution in [-0.2, 0) is 19.1 Å². The second-order valence-corrected chi connectivity index (χ2v) is 10.2. The number of hydrogen-bond donors (Lipinski definition) is 1. The molecule has 9 heteroatoms. The van der Waals surface area contributed by atoms with Gasteiger partial charge in [0, 0.05) is 23.1 Å². The Kier molecular flexibility index (Phi) is 8.54. The van der Waals surface area contributed by atoms with Gasteiger partial charge in [0.05, 0.1) is 12.0 Å². The molecule has 192 valence electrons. The number of carbonyl (C=O) groups is 3. The maximum atomic E-state index is 13.8. The highest BCUT2D eigenvalue weighted by molar-refractivity contribution is 6.30. The molecule has 2 fully saturated rings. The number of hydrogen-bond acceptors (Lipinski definition) is 4. The van der Waals surface area contributed by atoms with Gasteiger partial charge in [-0.15, -0.1) is 0 Å². The molecule has 0 radical (unpaired) electrons. The van der Waals surface area contributed by atoms with Crippen LogP contribution in [0.25, 0.3) is 0 Å². The monoisotopic (exact) mass is 532 g/mol. The molecule has 0 bridgehead atoms. The Morgan fingerprint density at radius 1 is 1.00 bits per heavy atom. The van der Waals surface area contributed by atoms with Crippen molar-refractivity contribution < 1.29 is 24.2 Å². The predicted molar refractivity (Wildman–Crippen MR) is 137 cm³/mol. The smallest absolute Gasteiger partial charge is 0.306 e. The van der Waals surface area contributed by atoms with Gasteiger partial charge in [0.15, 0.2) is 0 Å². The number of likely N-dealkylation sites (tertiary alicyclic amines) is 1. The number of piperidine rings is 1. The van der Waals surface area contributed by atoms with Crippen LogP contribution in [0.4, 0.5) is 0 Å². The number of amides is 2. The second-order valence-electron chi connectivity index (χ2n) is 9.32. The quantitative estimate of drug-likeness (QED) is 0.534. The average molecular weight is 533 g/mol. The molecule has 2 amide bonds. The third kappa shape index (κ3) is 5.69. The minimum atomic E-state index is -0.829. The Hall–Kier alpha value is -2.61. The molecule has 0 unspecified atom stereocenters. The Morgan fingerprint density at radius 2 is 1.56 bits per heavy atom. The zero-order chi connectivity index (χ0) is 25.8. The van der Waals surface area contributed by atoms with Crippen molar-refractivity contribution in [3.8, 4) is 0 Å². The van der Waals surface area contributed by atoms with E-state index in [0.29, 0.717) is 48.8 Å². The number of carboxylic acid groups (broad SMARTS) is 1. The first-order chi connectivity index (χ1) is 17.3. The highest BCUT2D eigenvalue weighted by atomic mass is 35.5. The van der Waals surface area contributed by atoms with Crippen LogP contribution in [0.3, 0.4) is 0 Å². The Bertz CT molecular complexity index is 1080. The molecule has 0 spiro atoms. The van der Waals surface area contributed by atoms with Gasteiger partial charge in [-0.05, 0) is 54.7 Å². The highest BCUT2D eigenvalue weighted by Crippen LogP contribution is 2.42. The van der Waals surface area contributed by atoms with Gasteiger partial charge in [-0.2, -0.15) is 0 Å². The molecular weight excluding hydrogens is 503 g/mol. The van der Waals surface area contributed by atoms with Gasteiger partial charge in [-0.3, -0.25) is 14.4 Å². The summed E-state index contributed by atoms with van der Waals surface area (Å²) < 4.78 is 6.08. The lowest BCUT2D eigenvalue weighted by molar-refractivity contribution is -0.170. The van der Waals surface area contributed by atoms with E-state index in [2.05, 4.69) is 0 Å². The van der Waals surface area contributed by atoms with Crippen LogP contribution in [0.1, 0.15) is 55.9 Å². The van der Waals surface area contributed by atoms with Crippen LogP contribution in [0.5, 0.6) is 0 Å². The molecule has 0 saturated carbocycles. The van der Waals surface area contributed by atoms with Crippen molar-refractivity contribution in [1.29, 1.82) is 0 Å². The van der Waals surface area contributed by atoms with E-state index in [1.165, 1.54) is 0 Å². The number of rotatable bonds is 7. The van der Waals surface area contributed by atoms with Gasteiger partial charge in [0.2, 0.25) is 11.8 Å². The number of carboxylic acids is 1. The lowest BCUT2D eigenvalue weighted by Crippen LogP contribution is -2.57. The Morgan fingerprint density at radius 3 is 2.08 bits per heavy atom. The van der Waals surface area contributed by atoms with Crippen molar-refractivity contribution >= 4 is 41.0 Å². The van der Waals surface area contributed by atoms with E-state index in [0.717, 1.165) is 11.1 Å². The first kappa shape index (κ1) is 26.5. The predicted octanol–water partition coefficient (Wildman–Crippen LogP) is 5.13. The molecule has 4 rings (SSSR count). The molecule has 2 heterocycles. The Balaban J connectivity index is 1.71. The number of halogens is 2. The molecule has 2 saturated heterocycles. The van der Waals surface area contributed by atoms with Crippen molar-refractivity contribution in [2.45, 2.75) is 50.8 Å². The van der Waals surface area contributed by atoms with Crippen molar-refractivity contribution in [3.05, 3.63) is 69.7 Å². The second kappa shape index (κ2) is 11.6. The molecule has 7 nitrogen and oxygen atoms in total. The molecule has 0 aromatic heterocycles. The van der Waals surface area contributed by atoms with Crippen LogP contribution in [0, 0.1) is 5.92 Å². The molecule has 36 heavy (non-hydrogen) atoms. The summed E-state index contributed by atoms with van der Waals surface area (Å²) in [5.41, 5.74) is 1.66. The van der Waals surface area contributed by atoms with E-state index in [9.17, 15) is 19.5 Å². The fourth-order valence-corrected chi connectivity index (χ4v) is 5.39. The fraction of sp³-hybridized carbons (Fsp3) is 0.444. The van der Waals surface area contributed by atoms with E-state index >= 15 is 0 Å². The third-order valence-corrected chi connectivity index (χ3v) is 7.51. The third-order valence-electron chi connectivity index (χ3n) is 7.01. The standard InChI is InChI=1S/C27H30Cl2N2O5/c1-2-3-22(26(33)30-14-12-19(13-15-30)27(34)35)31-23(32)16-36-25(18-6-10-21(29)11-7-18)24(31)17-4-8-20(28)9-5-17/h4-11,19,22,24-25H,2-3,12-16H2,1H3,(H,34,35)/t22-,24-,25+/m1/s1. The van der Waals surface area contributed by atoms with E-state index in [1.54, 1.807) is 34.1 Å². The summed E-state index contributed by atoms with van der Waals surface area (Å²) in [6, 6.07) is 13.3. The molecule has 2 aromatic rings. The van der Waals surface area contributed by atoms with E-state index in [4.69, 9.17) is 27.9 Å². The average Bonchev–Trinajstić information content (AvgIpc) is 2.88. The normalized spacial score (nSPS) is 21.9. The van der Waals surface area contributed by atoms with Crippen molar-refractivity contribution in [3.63, 3.8) is 0 Å². The summed E-state index contributed by atoms with van der Waals surface area (Å²) in [4.78, 5) is 42.0. The number of aliphatic carboxylic acids is 1.